The molecule has 1 N–H and O–H groups in total. The van der Waals surface area contributed by atoms with Crippen LogP contribution >= 0.6 is 0 Å². The Hall–Kier alpha value is -1.45. The van der Waals surface area contributed by atoms with Crippen molar-refractivity contribution in [1.29, 1.82) is 0 Å². The van der Waals surface area contributed by atoms with E-state index in [9.17, 15) is 14.7 Å². The third-order valence-electron chi connectivity index (χ3n) is 9.83. The van der Waals surface area contributed by atoms with Crippen molar-refractivity contribution in [1.82, 2.24) is 0 Å². The quantitative estimate of drug-likeness (QED) is 0.228. The fraction of sp³-hybridized carbons (Fsp3) is 0.853. The molecular formula is C34H58O4. The number of carbonyl (C=O) groups excluding carboxylic acids is 3. The molecule has 2 aliphatic carbocycles. The van der Waals surface area contributed by atoms with Gasteiger partial charge in [-0.15, -0.1) is 0 Å². The van der Waals surface area contributed by atoms with E-state index in [2.05, 4.69) is 62.3 Å². The molecule has 0 unspecified atom stereocenters. The average molecular weight is 531 g/mol. The Morgan fingerprint density at radius 1 is 0.816 bits per heavy atom. The van der Waals surface area contributed by atoms with Gasteiger partial charge < -0.3 is 5.11 Å². The van der Waals surface area contributed by atoms with E-state index in [-0.39, 0.29) is 29.0 Å². The number of Topliss-reactive ketones (excluding diaryl/α,β-unsaturated/α-hetero) is 3. The van der Waals surface area contributed by atoms with Gasteiger partial charge in [-0.25, -0.2) is 0 Å². The molecule has 0 aliphatic heterocycles. The Kier molecular flexibility index (Phi) is 10.7. The van der Waals surface area contributed by atoms with Crippen LogP contribution in [0.15, 0.2) is 11.3 Å². The van der Waals surface area contributed by atoms with Crippen molar-refractivity contribution >= 4 is 17.3 Å². The van der Waals surface area contributed by atoms with Gasteiger partial charge in [0.2, 0.25) is 0 Å². The molecule has 0 saturated heterocycles. The van der Waals surface area contributed by atoms with Crippen LogP contribution in [0.4, 0.5) is 0 Å². The maximum Gasteiger partial charge on any atom is 0.183 e. The molecule has 2 bridgehead atoms. The van der Waals surface area contributed by atoms with Crippen molar-refractivity contribution in [3.63, 3.8) is 0 Å². The van der Waals surface area contributed by atoms with Crippen LogP contribution in [-0.2, 0) is 14.4 Å². The Bertz CT molecular complexity index is 907. The van der Waals surface area contributed by atoms with Gasteiger partial charge in [0.1, 0.15) is 5.76 Å². The molecule has 2 aliphatic rings. The summed E-state index contributed by atoms with van der Waals surface area (Å²) >= 11 is 0. The van der Waals surface area contributed by atoms with Crippen LogP contribution < -0.4 is 0 Å². The van der Waals surface area contributed by atoms with E-state index in [0.717, 1.165) is 32.1 Å². The first-order valence-electron chi connectivity index (χ1n) is 15.6. The number of carbonyl (C=O) groups is 3. The molecule has 0 aromatic heterocycles. The van der Waals surface area contributed by atoms with Gasteiger partial charge in [-0.3, -0.25) is 14.4 Å². The van der Waals surface area contributed by atoms with E-state index in [1.54, 1.807) is 0 Å². The zero-order chi connectivity index (χ0) is 29.2. The summed E-state index contributed by atoms with van der Waals surface area (Å²) in [4.78, 5) is 44.3. The van der Waals surface area contributed by atoms with Crippen molar-refractivity contribution in [3.05, 3.63) is 11.3 Å². The van der Waals surface area contributed by atoms with Crippen LogP contribution in [0.2, 0.25) is 0 Å². The van der Waals surface area contributed by atoms with E-state index >= 15 is 4.79 Å². The summed E-state index contributed by atoms with van der Waals surface area (Å²) < 4.78 is 0. The minimum Gasteiger partial charge on any atom is -0.511 e. The van der Waals surface area contributed by atoms with E-state index < -0.39 is 22.2 Å². The molecule has 0 heterocycles. The molecule has 2 rings (SSSR count). The van der Waals surface area contributed by atoms with Crippen LogP contribution in [0, 0.1) is 51.8 Å². The normalized spacial score (nSPS) is 30.1. The van der Waals surface area contributed by atoms with E-state index in [0.29, 0.717) is 54.9 Å². The number of hydrogen-bond donors (Lipinski definition) is 1. The SMILES string of the molecule is CC(C)CCC1=C(O)[C@]2(CCC(C)C)C[C@H](CCC(C)C)[C@@](C)(CCC(C)C)[C@](C(=O)C(C)C)(C1=O)C2=O. The molecule has 38 heavy (non-hydrogen) atoms. The predicted octanol–water partition coefficient (Wildman–Crippen LogP) is 8.92. The summed E-state index contributed by atoms with van der Waals surface area (Å²) in [6.45, 7) is 23.0. The molecule has 0 amide bonds. The van der Waals surface area contributed by atoms with Crippen molar-refractivity contribution in [2.24, 2.45) is 51.8 Å². The van der Waals surface area contributed by atoms with Gasteiger partial charge in [0, 0.05) is 11.5 Å². The summed E-state index contributed by atoms with van der Waals surface area (Å²) in [7, 11) is 0. The minimum absolute atomic E-state index is 0.00133. The monoisotopic (exact) mass is 530 g/mol. The maximum atomic E-state index is 15.0. The standard InChI is InChI=1S/C34H58O4/c1-21(2)12-14-26-20-33(19-17-24(7)8)29(36)27(15-13-22(3)4)30(37)34(31(33)38,28(35)25(9)10)32(26,11)18-16-23(5)6/h21-26,36H,12-20H2,1-11H3/t26-,32+,33-,34+/m0/s1. The number of hydrogen-bond acceptors (Lipinski definition) is 4. The fourth-order valence-electron chi connectivity index (χ4n) is 7.26. The number of fused-ring (bicyclic) bond motifs is 2. The van der Waals surface area contributed by atoms with Crippen molar-refractivity contribution in [3.8, 4) is 0 Å². The Morgan fingerprint density at radius 3 is 1.79 bits per heavy atom. The lowest BCUT2D eigenvalue weighted by Gasteiger charge is -2.61. The highest BCUT2D eigenvalue weighted by atomic mass is 16.3. The largest absolute Gasteiger partial charge is 0.511 e. The van der Waals surface area contributed by atoms with Gasteiger partial charge in [0.05, 0.1) is 5.41 Å². The number of ketones is 3. The molecule has 0 spiro atoms. The smallest absolute Gasteiger partial charge is 0.183 e. The number of rotatable bonds is 14. The lowest BCUT2D eigenvalue weighted by Crippen LogP contribution is -2.71. The molecule has 4 heteroatoms. The van der Waals surface area contributed by atoms with Crippen LogP contribution in [-0.4, -0.2) is 22.5 Å². The third kappa shape index (κ3) is 5.71. The van der Waals surface area contributed by atoms with E-state index in [1.165, 1.54) is 0 Å². The highest BCUT2D eigenvalue weighted by Gasteiger charge is 2.76. The molecule has 1 saturated carbocycles. The average Bonchev–Trinajstić information content (AvgIpc) is 2.80. The van der Waals surface area contributed by atoms with Crippen LogP contribution in [0.1, 0.15) is 134 Å². The Morgan fingerprint density at radius 2 is 1.32 bits per heavy atom. The molecule has 4 atom stereocenters. The topological polar surface area (TPSA) is 71.4 Å². The molecule has 1 fully saturated rings. The van der Waals surface area contributed by atoms with Gasteiger partial charge in [0.25, 0.3) is 0 Å². The number of allylic oxidation sites excluding steroid dienone is 2. The van der Waals surface area contributed by atoms with Gasteiger partial charge in [0.15, 0.2) is 22.8 Å². The molecule has 0 aromatic rings. The van der Waals surface area contributed by atoms with Crippen molar-refractivity contribution < 1.29 is 19.5 Å². The molecule has 0 aromatic carbocycles. The van der Waals surface area contributed by atoms with Gasteiger partial charge in [-0.05, 0) is 80.0 Å². The summed E-state index contributed by atoms with van der Waals surface area (Å²) in [5.74, 6) is 0.245. The first-order chi connectivity index (χ1) is 17.5. The Balaban J connectivity index is 2.98. The third-order valence-corrected chi connectivity index (χ3v) is 9.83. The van der Waals surface area contributed by atoms with Gasteiger partial charge >= 0.3 is 0 Å². The highest BCUT2D eigenvalue weighted by molar-refractivity contribution is 6.33. The summed E-state index contributed by atoms with van der Waals surface area (Å²) in [6, 6.07) is 0. The first kappa shape index (κ1) is 32.8. The van der Waals surface area contributed by atoms with Gasteiger partial charge in [-0.1, -0.05) is 89.0 Å². The van der Waals surface area contributed by atoms with Crippen LogP contribution in [0.25, 0.3) is 0 Å². The zero-order valence-corrected chi connectivity index (χ0v) is 26.5. The lowest BCUT2D eigenvalue weighted by molar-refractivity contribution is -0.182. The lowest BCUT2D eigenvalue weighted by atomic mass is 9.37. The molecule has 218 valence electrons. The maximum absolute atomic E-state index is 15.0. The van der Waals surface area contributed by atoms with Crippen molar-refractivity contribution in [2.45, 2.75) is 134 Å². The highest BCUT2D eigenvalue weighted by Crippen LogP contribution is 2.68. The first-order valence-corrected chi connectivity index (χ1v) is 15.6. The summed E-state index contributed by atoms with van der Waals surface area (Å²) in [5, 5.41) is 11.9. The van der Waals surface area contributed by atoms with E-state index in [4.69, 9.17) is 0 Å². The second kappa shape index (κ2) is 12.4. The second-order valence-corrected chi connectivity index (χ2v) is 14.9. The van der Waals surface area contributed by atoms with Crippen molar-refractivity contribution in [2.75, 3.05) is 0 Å². The summed E-state index contributed by atoms with van der Waals surface area (Å²) in [5.41, 5.74) is -3.26. The molecule has 4 nitrogen and oxygen atoms in total. The van der Waals surface area contributed by atoms with Crippen LogP contribution in [0.5, 0.6) is 0 Å². The molecule has 0 radical (unpaired) electrons. The second-order valence-electron chi connectivity index (χ2n) is 14.9. The minimum atomic E-state index is -1.72. The zero-order valence-electron chi connectivity index (χ0n) is 26.5. The fourth-order valence-corrected chi connectivity index (χ4v) is 7.26. The van der Waals surface area contributed by atoms with E-state index in [1.807, 2.05) is 13.8 Å². The number of aliphatic hydroxyl groups is 1. The molecular weight excluding hydrogens is 472 g/mol. The van der Waals surface area contributed by atoms with Crippen LogP contribution in [0.3, 0.4) is 0 Å². The number of aliphatic hydroxyl groups excluding tert-OH is 1. The summed E-state index contributed by atoms with van der Waals surface area (Å²) in [6.07, 6.45) is 6.33. The Labute approximate surface area is 233 Å². The van der Waals surface area contributed by atoms with Gasteiger partial charge in [-0.2, -0.15) is 0 Å². The predicted molar refractivity (Wildman–Crippen MR) is 157 cm³/mol.